The lowest BCUT2D eigenvalue weighted by atomic mass is 9.96. The first-order valence-corrected chi connectivity index (χ1v) is 7.45. The Morgan fingerprint density at radius 1 is 1.12 bits per heavy atom. The van der Waals surface area contributed by atoms with Gasteiger partial charge in [-0.1, -0.05) is 48.5 Å². The summed E-state index contributed by atoms with van der Waals surface area (Å²) < 4.78 is 28.2. The molecule has 0 radical (unpaired) electrons. The predicted octanol–water partition coefficient (Wildman–Crippen LogP) is 3.28. The standard InChI is InChI=1S/C18H16F2N2O2/c1-17(19,20)18(24)12-15(13-8-4-2-5-9-13)21-22(18)16(23)14-10-6-3-7-11-14/h2-11,24H,12H2,1H3/t18-/m1/s1. The molecule has 1 aliphatic rings. The molecule has 1 heterocycles. The fourth-order valence-corrected chi connectivity index (χ4v) is 2.60. The second-order valence-electron chi connectivity index (χ2n) is 5.78. The van der Waals surface area contributed by atoms with Crippen LogP contribution in [0.2, 0.25) is 0 Å². The average molecular weight is 330 g/mol. The smallest absolute Gasteiger partial charge is 0.294 e. The molecule has 1 atom stereocenters. The van der Waals surface area contributed by atoms with E-state index in [1.165, 1.54) is 12.1 Å². The minimum Gasteiger partial charge on any atom is -0.364 e. The molecule has 3 rings (SSSR count). The Morgan fingerprint density at radius 2 is 1.67 bits per heavy atom. The number of hydrazone groups is 1. The maximum absolute atomic E-state index is 14.1. The maximum Gasteiger partial charge on any atom is 0.294 e. The highest BCUT2D eigenvalue weighted by atomic mass is 19.3. The molecule has 0 spiro atoms. The van der Waals surface area contributed by atoms with E-state index in [9.17, 15) is 18.7 Å². The van der Waals surface area contributed by atoms with Crippen molar-refractivity contribution < 1.29 is 18.7 Å². The van der Waals surface area contributed by atoms with Crippen LogP contribution in [-0.4, -0.2) is 33.4 Å². The van der Waals surface area contributed by atoms with Gasteiger partial charge in [0.1, 0.15) is 0 Å². The van der Waals surface area contributed by atoms with Gasteiger partial charge in [0.2, 0.25) is 5.72 Å². The molecule has 0 fully saturated rings. The molecule has 0 saturated carbocycles. The number of aliphatic hydroxyl groups is 1. The van der Waals surface area contributed by atoms with E-state index in [0.29, 0.717) is 17.5 Å². The highest BCUT2D eigenvalue weighted by Crippen LogP contribution is 2.40. The van der Waals surface area contributed by atoms with Crippen molar-refractivity contribution in [2.45, 2.75) is 25.0 Å². The van der Waals surface area contributed by atoms with E-state index in [4.69, 9.17) is 0 Å². The molecule has 2 aromatic rings. The summed E-state index contributed by atoms with van der Waals surface area (Å²) in [6.45, 7) is 0.585. The second-order valence-corrected chi connectivity index (χ2v) is 5.78. The molecule has 24 heavy (non-hydrogen) atoms. The highest BCUT2D eigenvalue weighted by molar-refractivity contribution is 6.05. The van der Waals surface area contributed by atoms with Crippen LogP contribution in [0.1, 0.15) is 29.3 Å². The topological polar surface area (TPSA) is 52.9 Å². The zero-order chi connectivity index (χ0) is 17.4. The summed E-state index contributed by atoms with van der Waals surface area (Å²) in [5.74, 6) is -4.32. The first-order chi connectivity index (χ1) is 11.3. The van der Waals surface area contributed by atoms with Crippen molar-refractivity contribution >= 4 is 11.6 Å². The van der Waals surface area contributed by atoms with E-state index in [-0.39, 0.29) is 11.3 Å². The van der Waals surface area contributed by atoms with E-state index in [1.807, 2.05) is 0 Å². The molecular formula is C18H16F2N2O2. The Labute approximate surface area is 138 Å². The average Bonchev–Trinajstić information content (AvgIpc) is 2.95. The lowest BCUT2D eigenvalue weighted by molar-refractivity contribution is -0.222. The first-order valence-electron chi connectivity index (χ1n) is 7.45. The van der Waals surface area contributed by atoms with Crippen LogP contribution in [-0.2, 0) is 0 Å². The van der Waals surface area contributed by atoms with Gasteiger partial charge in [0.25, 0.3) is 11.8 Å². The molecule has 2 aromatic carbocycles. The zero-order valence-corrected chi connectivity index (χ0v) is 13.0. The van der Waals surface area contributed by atoms with Crippen LogP contribution in [0.5, 0.6) is 0 Å². The molecule has 1 aliphatic heterocycles. The molecular weight excluding hydrogens is 314 g/mol. The van der Waals surface area contributed by atoms with Crippen LogP contribution >= 0.6 is 0 Å². The summed E-state index contributed by atoms with van der Waals surface area (Å²) in [6, 6.07) is 16.6. The van der Waals surface area contributed by atoms with Gasteiger partial charge in [0.15, 0.2) is 0 Å². The SMILES string of the molecule is CC(F)(F)[C@]1(O)CC(c2ccccc2)=NN1C(=O)c1ccccc1. The fourth-order valence-electron chi connectivity index (χ4n) is 2.60. The molecule has 0 bridgehead atoms. The molecule has 1 N–H and O–H groups in total. The van der Waals surface area contributed by atoms with Crippen molar-refractivity contribution in [1.29, 1.82) is 0 Å². The molecule has 0 aliphatic carbocycles. The van der Waals surface area contributed by atoms with Crippen molar-refractivity contribution in [3.8, 4) is 0 Å². The van der Waals surface area contributed by atoms with Crippen molar-refractivity contribution in [2.24, 2.45) is 5.10 Å². The third kappa shape index (κ3) is 2.69. The number of halogens is 2. The van der Waals surface area contributed by atoms with Crippen molar-refractivity contribution in [3.63, 3.8) is 0 Å². The second kappa shape index (κ2) is 5.79. The lowest BCUT2D eigenvalue weighted by Crippen LogP contribution is -2.57. The molecule has 0 aromatic heterocycles. The Balaban J connectivity index is 2.05. The summed E-state index contributed by atoms with van der Waals surface area (Å²) in [7, 11) is 0. The Morgan fingerprint density at radius 3 is 2.21 bits per heavy atom. The first kappa shape index (κ1) is 16.3. The van der Waals surface area contributed by atoms with Crippen LogP contribution in [0, 0.1) is 0 Å². The summed E-state index contributed by atoms with van der Waals surface area (Å²) in [5.41, 5.74) is -1.70. The van der Waals surface area contributed by atoms with Crippen molar-refractivity contribution in [1.82, 2.24) is 5.01 Å². The molecule has 4 nitrogen and oxygen atoms in total. The number of alkyl halides is 2. The molecule has 0 unspecified atom stereocenters. The van der Waals surface area contributed by atoms with Crippen molar-refractivity contribution in [3.05, 3.63) is 71.8 Å². The van der Waals surface area contributed by atoms with Gasteiger partial charge in [-0.25, -0.2) is 8.78 Å². The third-order valence-electron chi connectivity index (χ3n) is 4.01. The number of benzene rings is 2. The van der Waals surface area contributed by atoms with Gasteiger partial charge in [0.05, 0.1) is 5.71 Å². The predicted molar refractivity (Wildman–Crippen MR) is 85.8 cm³/mol. The number of amides is 1. The van der Waals surface area contributed by atoms with Crippen LogP contribution in [0.15, 0.2) is 65.8 Å². The number of nitrogens with zero attached hydrogens (tertiary/aromatic N) is 2. The number of carbonyl (C=O) groups is 1. The normalized spacial score (nSPS) is 20.8. The van der Waals surface area contributed by atoms with E-state index in [0.717, 1.165) is 0 Å². The Bertz CT molecular complexity index is 773. The maximum atomic E-state index is 14.1. The minimum atomic E-state index is -3.54. The van der Waals surface area contributed by atoms with Crippen LogP contribution < -0.4 is 0 Å². The third-order valence-corrected chi connectivity index (χ3v) is 4.01. The van der Waals surface area contributed by atoms with E-state index in [2.05, 4.69) is 5.10 Å². The van der Waals surface area contributed by atoms with E-state index >= 15 is 0 Å². The summed E-state index contributed by atoms with van der Waals surface area (Å²) in [6.07, 6.45) is -0.445. The van der Waals surface area contributed by atoms with Gasteiger partial charge in [-0.2, -0.15) is 10.1 Å². The van der Waals surface area contributed by atoms with Gasteiger partial charge in [-0.15, -0.1) is 0 Å². The molecule has 1 amide bonds. The lowest BCUT2D eigenvalue weighted by Gasteiger charge is -2.35. The van der Waals surface area contributed by atoms with E-state index in [1.54, 1.807) is 48.5 Å². The van der Waals surface area contributed by atoms with Crippen molar-refractivity contribution in [2.75, 3.05) is 0 Å². The van der Waals surface area contributed by atoms with E-state index < -0.39 is 24.0 Å². The van der Waals surface area contributed by atoms with Gasteiger partial charge in [-0.3, -0.25) is 4.79 Å². The summed E-state index contributed by atoms with van der Waals surface area (Å²) in [5, 5.41) is 15.1. The fraction of sp³-hybridized carbons (Fsp3) is 0.222. The largest absolute Gasteiger partial charge is 0.364 e. The number of hydrogen-bond donors (Lipinski definition) is 1. The summed E-state index contributed by atoms with van der Waals surface area (Å²) in [4.78, 5) is 12.6. The van der Waals surface area contributed by atoms with Gasteiger partial charge in [0, 0.05) is 18.9 Å². The van der Waals surface area contributed by atoms with Gasteiger partial charge in [-0.05, 0) is 17.7 Å². The molecule has 6 heteroatoms. The number of carbonyl (C=O) groups excluding carboxylic acids is 1. The monoisotopic (exact) mass is 330 g/mol. The Kier molecular flexibility index (Phi) is 3.93. The quantitative estimate of drug-likeness (QED) is 0.939. The van der Waals surface area contributed by atoms with Gasteiger partial charge >= 0.3 is 0 Å². The zero-order valence-electron chi connectivity index (χ0n) is 13.0. The van der Waals surface area contributed by atoms with Crippen LogP contribution in [0.3, 0.4) is 0 Å². The molecule has 124 valence electrons. The highest BCUT2D eigenvalue weighted by Gasteiger charge is 2.59. The molecule has 0 saturated heterocycles. The number of rotatable bonds is 3. The van der Waals surface area contributed by atoms with Gasteiger partial charge < -0.3 is 5.11 Å². The van der Waals surface area contributed by atoms with Crippen LogP contribution in [0.4, 0.5) is 8.78 Å². The number of hydrogen-bond acceptors (Lipinski definition) is 3. The van der Waals surface area contributed by atoms with Crippen LogP contribution in [0.25, 0.3) is 0 Å². The minimum absolute atomic E-state index is 0.179. The Hall–Kier alpha value is -2.60. The summed E-state index contributed by atoms with van der Waals surface area (Å²) >= 11 is 0.